The minimum atomic E-state index is -0.0437. The molecule has 2 nitrogen and oxygen atoms in total. The van der Waals surface area contributed by atoms with Crippen LogP contribution in [0, 0.1) is 13.8 Å². The van der Waals surface area contributed by atoms with Crippen molar-refractivity contribution < 1.29 is 0 Å². The van der Waals surface area contributed by atoms with E-state index >= 15 is 0 Å². The molecule has 4 aromatic rings. The maximum Gasteiger partial charge on any atom is 0.100 e. The highest BCUT2D eigenvalue weighted by Crippen LogP contribution is 2.57. The zero-order valence-corrected chi connectivity index (χ0v) is 18.0. The molecule has 2 aliphatic rings. The van der Waals surface area contributed by atoms with Crippen LogP contribution in [0.15, 0.2) is 72.8 Å². The van der Waals surface area contributed by atoms with Gasteiger partial charge in [0, 0.05) is 16.8 Å². The molecule has 0 atom stereocenters. The quantitative estimate of drug-likeness (QED) is 0.335. The van der Waals surface area contributed by atoms with E-state index in [0.717, 1.165) is 6.67 Å². The fourth-order valence-corrected chi connectivity index (χ4v) is 5.54. The highest BCUT2D eigenvalue weighted by atomic mass is 15.4. The number of rotatable bonds is 1. The van der Waals surface area contributed by atoms with Gasteiger partial charge in [-0.15, -0.1) is 0 Å². The zero-order chi connectivity index (χ0) is 20.6. The Balaban J connectivity index is 1.64. The Kier molecular flexibility index (Phi) is 3.45. The number of nitrogens with zero attached hydrogens (tertiary/aromatic N) is 2. The SMILES string of the molecule is Cc1cccc(C)c1N1CN2c3cc4ccccc4cc3C(C)(C)c3cccc1c32. The van der Waals surface area contributed by atoms with E-state index in [1.54, 1.807) is 0 Å². The van der Waals surface area contributed by atoms with Crippen molar-refractivity contribution in [2.45, 2.75) is 33.1 Å². The number of anilines is 4. The average molecular weight is 391 g/mol. The Morgan fingerprint density at radius 2 is 1.27 bits per heavy atom. The number of hydrogen-bond donors (Lipinski definition) is 0. The first-order chi connectivity index (χ1) is 14.5. The summed E-state index contributed by atoms with van der Waals surface area (Å²) in [7, 11) is 0. The second-order valence-electron chi connectivity index (χ2n) is 9.25. The maximum absolute atomic E-state index is 2.53. The first-order valence-electron chi connectivity index (χ1n) is 10.7. The number of fused-ring (bicyclic) bond motifs is 3. The fraction of sp³-hybridized carbons (Fsp3) is 0.214. The molecule has 0 spiro atoms. The van der Waals surface area contributed by atoms with Gasteiger partial charge in [0.05, 0.1) is 11.4 Å². The molecule has 0 N–H and O–H groups in total. The van der Waals surface area contributed by atoms with E-state index in [2.05, 4.69) is 110 Å². The van der Waals surface area contributed by atoms with E-state index in [1.165, 1.54) is 55.8 Å². The lowest BCUT2D eigenvalue weighted by atomic mass is 9.73. The Labute approximate surface area is 178 Å². The van der Waals surface area contributed by atoms with Crippen LogP contribution in [0.4, 0.5) is 22.7 Å². The molecule has 30 heavy (non-hydrogen) atoms. The molecule has 0 aromatic heterocycles. The summed E-state index contributed by atoms with van der Waals surface area (Å²) in [5.74, 6) is 0. The van der Waals surface area contributed by atoms with Gasteiger partial charge in [-0.25, -0.2) is 0 Å². The fourth-order valence-electron chi connectivity index (χ4n) is 5.54. The third kappa shape index (κ3) is 2.19. The van der Waals surface area contributed by atoms with Gasteiger partial charge in [0.1, 0.15) is 6.67 Å². The Bertz CT molecular complexity index is 1310. The van der Waals surface area contributed by atoms with Crippen molar-refractivity contribution in [2.24, 2.45) is 0 Å². The van der Waals surface area contributed by atoms with Crippen LogP contribution in [-0.4, -0.2) is 6.67 Å². The normalized spacial score (nSPS) is 16.0. The molecule has 0 aliphatic carbocycles. The largest absolute Gasteiger partial charge is 0.320 e. The monoisotopic (exact) mass is 390 g/mol. The first-order valence-corrected chi connectivity index (χ1v) is 10.7. The molecule has 4 aromatic carbocycles. The lowest BCUT2D eigenvalue weighted by Gasteiger charge is -2.39. The van der Waals surface area contributed by atoms with E-state index in [-0.39, 0.29) is 5.41 Å². The molecule has 0 amide bonds. The molecule has 2 aliphatic heterocycles. The van der Waals surface area contributed by atoms with Gasteiger partial charge in [-0.1, -0.05) is 68.4 Å². The smallest absolute Gasteiger partial charge is 0.100 e. The van der Waals surface area contributed by atoms with Gasteiger partial charge in [-0.2, -0.15) is 0 Å². The van der Waals surface area contributed by atoms with Crippen molar-refractivity contribution in [1.29, 1.82) is 0 Å². The second kappa shape index (κ2) is 5.89. The van der Waals surface area contributed by atoms with Crippen molar-refractivity contribution in [1.82, 2.24) is 0 Å². The van der Waals surface area contributed by atoms with E-state index in [1.807, 2.05) is 0 Å². The third-order valence-corrected chi connectivity index (χ3v) is 7.07. The Hall–Kier alpha value is -3.26. The molecule has 2 heteroatoms. The van der Waals surface area contributed by atoms with E-state index < -0.39 is 0 Å². The molecule has 2 heterocycles. The molecule has 0 unspecified atom stereocenters. The summed E-state index contributed by atoms with van der Waals surface area (Å²) in [5.41, 5.74) is 10.8. The predicted octanol–water partition coefficient (Wildman–Crippen LogP) is 7.34. The Morgan fingerprint density at radius 1 is 0.633 bits per heavy atom. The van der Waals surface area contributed by atoms with E-state index in [4.69, 9.17) is 0 Å². The summed E-state index contributed by atoms with van der Waals surface area (Å²) in [4.78, 5) is 5.04. The molecule has 0 saturated heterocycles. The second-order valence-corrected chi connectivity index (χ2v) is 9.25. The average Bonchev–Trinajstić information content (AvgIpc) is 3.11. The van der Waals surface area contributed by atoms with Crippen LogP contribution >= 0.6 is 0 Å². The molecule has 0 saturated carbocycles. The summed E-state index contributed by atoms with van der Waals surface area (Å²) in [6, 6.07) is 26.9. The number of para-hydroxylation sites is 2. The van der Waals surface area contributed by atoms with Crippen molar-refractivity contribution in [3.05, 3.63) is 95.1 Å². The van der Waals surface area contributed by atoms with Crippen molar-refractivity contribution in [3.8, 4) is 0 Å². The highest BCUT2D eigenvalue weighted by Gasteiger charge is 2.42. The maximum atomic E-state index is 2.53. The van der Waals surface area contributed by atoms with Crippen LogP contribution < -0.4 is 9.80 Å². The molecular formula is C28H26N2. The van der Waals surface area contributed by atoms with Crippen LogP contribution in [0.25, 0.3) is 10.8 Å². The minimum Gasteiger partial charge on any atom is -0.320 e. The standard InChI is InChI=1S/C28H26N2/c1-18-9-7-10-19(2)26(18)29-17-30-25-16-21-12-6-5-11-20(21)15-23(25)28(3,4)22-13-8-14-24(29)27(22)30/h5-16H,17H2,1-4H3. The molecule has 0 radical (unpaired) electrons. The summed E-state index contributed by atoms with van der Waals surface area (Å²) in [6.45, 7) is 10.0. The van der Waals surface area contributed by atoms with Crippen LogP contribution in [0.1, 0.15) is 36.1 Å². The summed E-state index contributed by atoms with van der Waals surface area (Å²) in [6.07, 6.45) is 0. The van der Waals surface area contributed by atoms with Gasteiger partial charge in [-0.05, 0) is 65.1 Å². The summed E-state index contributed by atoms with van der Waals surface area (Å²) < 4.78 is 0. The van der Waals surface area contributed by atoms with Crippen LogP contribution in [-0.2, 0) is 5.41 Å². The third-order valence-electron chi connectivity index (χ3n) is 7.07. The van der Waals surface area contributed by atoms with Crippen LogP contribution in [0.5, 0.6) is 0 Å². The predicted molar refractivity (Wildman–Crippen MR) is 128 cm³/mol. The molecule has 0 fully saturated rings. The minimum absolute atomic E-state index is 0.0437. The lowest BCUT2D eigenvalue weighted by Crippen LogP contribution is -2.33. The van der Waals surface area contributed by atoms with Crippen LogP contribution in [0.2, 0.25) is 0 Å². The molecular weight excluding hydrogens is 364 g/mol. The van der Waals surface area contributed by atoms with Gasteiger partial charge in [0.15, 0.2) is 0 Å². The van der Waals surface area contributed by atoms with Crippen molar-refractivity contribution >= 4 is 33.5 Å². The molecule has 0 bridgehead atoms. The zero-order valence-electron chi connectivity index (χ0n) is 18.0. The summed E-state index contributed by atoms with van der Waals surface area (Å²) in [5, 5.41) is 2.62. The van der Waals surface area contributed by atoms with E-state index in [9.17, 15) is 0 Å². The molecule has 148 valence electrons. The van der Waals surface area contributed by atoms with E-state index in [0.29, 0.717) is 0 Å². The van der Waals surface area contributed by atoms with Gasteiger partial charge in [-0.3, -0.25) is 0 Å². The number of aryl methyl sites for hydroxylation is 2. The van der Waals surface area contributed by atoms with Gasteiger partial charge in [0.2, 0.25) is 0 Å². The lowest BCUT2D eigenvalue weighted by molar-refractivity contribution is 0.630. The van der Waals surface area contributed by atoms with Crippen molar-refractivity contribution in [2.75, 3.05) is 16.5 Å². The molecule has 6 rings (SSSR count). The number of benzene rings is 4. The van der Waals surface area contributed by atoms with Gasteiger partial charge >= 0.3 is 0 Å². The Morgan fingerprint density at radius 3 is 2.00 bits per heavy atom. The van der Waals surface area contributed by atoms with Crippen LogP contribution in [0.3, 0.4) is 0 Å². The summed E-state index contributed by atoms with van der Waals surface area (Å²) >= 11 is 0. The first kappa shape index (κ1) is 17.6. The topological polar surface area (TPSA) is 6.48 Å². The van der Waals surface area contributed by atoms with Gasteiger partial charge < -0.3 is 9.80 Å². The number of hydrogen-bond acceptors (Lipinski definition) is 2. The van der Waals surface area contributed by atoms with Gasteiger partial charge in [0.25, 0.3) is 0 Å². The van der Waals surface area contributed by atoms with Crippen molar-refractivity contribution in [3.63, 3.8) is 0 Å². The highest BCUT2D eigenvalue weighted by molar-refractivity contribution is 5.98.